The van der Waals surface area contributed by atoms with Gasteiger partial charge in [0.2, 0.25) is 0 Å². The largest absolute Gasteiger partial charge is 0.497 e. The van der Waals surface area contributed by atoms with E-state index in [0.717, 1.165) is 11.1 Å². The highest BCUT2D eigenvalue weighted by atomic mass is 16.5. The molecule has 2 atom stereocenters. The number of hydrogen-bond donors (Lipinski definition) is 4. The normalized spacial score (nSPS) is 12.6. The average molecular weight is 388 g/mol. The van der Waals surface area contributed by atoms with E-state index in [4.69, 9.17) is 9.47 Å². The zero-order valence-electron chi connectivity index (χ0n) is 15.7. The molecule has 4 N–H and O–H groups in total. The fraction of sp³-hybridized carbons (Fsp3) is 0.300. The quantitative estimate of drug-likeness (QED) is 0.493. The van der Waals surface area contributed by atoms with Crippen LogP contribution in [0.2, 0.25) is 0 Å². The number of aliphatic hydroxyl groups is 2. The molecule has 0 saturated carbocycles. The highest BCUT2D eigenvalue weighted by Gasteiger charge is 2.29. The summed E-state index contributed by atoms with van der Waals surface area (Å²) in [6.45, 7) is 0.278. The second-order valence-electron chi connectivity index (χ2n) is 6.02. The van der Waals surface area contributed by atoms with E-state index in [1.165, 1.54) is 0 Å². The minimum atomic E-state index is -1.88. The van der Waals surface area contributed by atoms with Gasteiger partial charge in [0.25, 0.3) is 11.8 Å². The summed E-state index contributed by atoms with van der Waals surface area (Å²) in [5, 5.41) is 24.8. The van der Waals surface area contributed by atoms with Crippen molar-refractivity contribution in [1.82, 2.24) is 10.6 Å². The molecule has 0 aromatic heterocycles. The van der Waals surface area contributed by atoms with Crippen LogP contribution >= 0.6 is 0 Å². The van der Waals surface area contributed by atoms with Crippen molar-refractivity contribution in [2.45, 2.75) is 25.3 Å². The van der Waals surface area contributed by atoms with Gasteiger partial charge >= 0.3 is 0 Å². The number of ether oxygens (including phenoxy) is 2. The lowest BCUT2D eigenvalue weighted by Crippen LogP contribution is -2.49. The Labute approximate surface area is 163 Å². The highest BCUT2D eigenvalue weighted by Crippen LogP contribution is 2.12. The fourth-order valence-corrected chi connectivity index (χ4v) is 2.36. The van der Waals surface area contributed by atoms with Crippen LogP contribution in [0.4, 0.5) is 0 Å². The Bertz CT molecular complexity index is 709. The van der Waals surface area contributed by atoms with Gasteiger partial charge in [0.05, 0.1) is 14.2 Å². The van der Waals surface area contributed by atoms with Gasteiger partial charge in [0, 0.05) is 13.1 Å². The second-order valence-corrected chi connectivity index (χ2v) is 6.02. The number of nitrogens with one attached hydrogen (secondary N) is 2. The molecular weight excluding hydrogens is 364 g/mol. The van der Waals surface area contributed by atoms with Crippen LogP contribution in [0.5, 0.6) is 11.5 Å². The van der Waals surface area contributed by atoms with Gasteiger partial charge in [-0.2, -0.15) is 0 Å². The molecule has 8 heteroatoms. The van der Waals surface area contributed by atoms with Crippen LogP contribution in [0.15, 0.2) is 48.5 Å². The molecule has 0 saturated heterocycles. The van der Waals surface area contributed by atoms with Crippen LogP contribution < -0.4 is 20.1 Å². The molecule has 0 aliphatic heterocycles. The standard InChI is InChI=1S/C20H24N2O6/c1-27-15-7-3-13(4-8-15)11-21-19(25)17(23)18(24)20(26)22-12-14-5-9-16(28-2)10-6-14/h3-10,17-18,23-24H,11-12H2,1-2H3,(H,21,25)(H,22,26). The van der Waals surface area contributed by atoms with Crippen molar-refractivity contribution >= 4 is 11.8 Å². The average Bonchev–Trinajstić information content (AvgIpc) is 2.75. The van der Waals surface area contributed by atoms with E-state index < -0.39 is 24.0 Å². The molecule has 0 aliphatic rings. The molecule has 2 rings (SSSR count). The third-order valence-electron chi connectivity index (χ3n) is 4.09. The first kappa shape index (κ1) is 21.2. The molecule has 0 heterocycles. The van der Waals surface area contributed by atoms with Gasteiger partial charge < -0.3 is 30.3 Å². The number of hydrogen-bond acceptors (Lipinski definition) is 6. The van der Waals surface area contributed by atoms with E-state index in [1.54, 1.807) is 62.8 Å². The summed E-state index contributed by atoms with van der Waals surface area (Å²) in [6, 6.07) is 14.0. The lowest BCUT2D eigenvalue weighted by Gasteiger charge is -2.17. The summed E-state index contributed by atoms with van der Waals surface area (Å²) in [5.74, 6) is -0.330. The Morgan fingerprint density at radius 2 is 1.07 bits per heavy atom. The Balaban J connectivity index is 1.80. The fourth-order valence-electron chi connectivity index (χ4n) is 2.36. The summed E-state index contributed by atoms with van der Waals surface area (Å²) in [6.07, 6.45) is -3.76. The molecule has 8 nitrogen and oxygen atoms in total. The number of benzene rings is 2. The lowest BCUT2D eigenvalue weighted by atomic mass is 10.1. The van der Waals surface area contributed by atoms with Crippen LogP contribution in [0.25, 0.3) is 0 Å². The minimum Gasteiger partial charge on any atom is -0.497 e. The first-order chi connectivity index (χ1) is 13.4. The summed E-state index contributed by atoms with van der Waals surface area (Å²) in [5.41, 5.74) is 1.56. The lowest BCUT2D eigenvalue weighted by molar-refractivity contribution is -0.146. The van der Waals surface area contributed by atoms with E-state index in [1.807, 2.05) is 0 Å². The van der Waals surface area contributed by atoms with Crippen molar-refractivity contribution in [3.05, 3.63) is 59.7 Å². The summed E-state index contributed by atoms with van der Waals surface area (Å²) < 4.78 is 10.1. The second kappa shape index (κ2) is 10.3. The number of methoxy groups -OCH3 is 2. The Kier molecular flexibility index (Phi) is 7.79. The van der Waals surface area contributed by atoms with Crippen LogP contribution in [0, 0.1) is 0 Å². The maximum absolute atomic E-state index is 12.0. The first-order valence-corrected chi connectivity index (χ1v) is 8.62. The zero-order valence-corrected chi connectivity index (χ0v) is 15.7. The summed E-state index contributed by atoms with van der Waals surface area (Å²) >= 11 is 0. The Morgan fingerprint density at radius 3 is 1.36 bits per heavy atom. The van der Waals surface area contributed by atoms with Gasteiger partial charge in [-0.05, 0) is 35.4 Å². The monoisotopic (exact) mass is 388 g/mol. The highest BCUT2D eigenvalue weighted by molar-refractivity contribution is 5.90. The van der Waals surface area contributed by atoms with Crippen molar-refractivity contribution in [3.8, 4) is 11.5 Å². The molecular formula is C20H24N2O6. The van der Waals surface area contributed by atoms with Crippen molar-refractivity contribution in [2.75, 3.05) is 14.2 Å². The third-order valence-corrected chi connectivity index (χ3v) is 4.09. The maximum atomic E-state index is 12.0. The van der Waals surface area contributed by atoms with E-state index in [2.05, 4.69) is 10.6 Å². The van der Waals surface area contributed by atoms with Crippen molar-refractivity contribution in [1.29, 1.82) is 0 Å². The number of aliphatic hydroxyl groups excluding tert-OH is 2. The molecule has 0 radical (unpaired) electrons. The number of carbonyl (C=O) groups is 2. The molecule has 0 bridgehead atoms. The van der Waals surface area contributed by atoms with Gasteiger partial charge in [-0.3, -0.25) is 9.59 Å². The molecule has 0 aliphatic carbocycles. The number of rotatable bonds is 9. The molecule has 150 valence electrons. The van der Waals surface area contributed by atoms with Gasteiger partial charge in [-0.1, -0.05) is 24.3 Å². The predicted molar refractivity (Wildman–Crippen MR) is 102 cm³/mol. The topological polar surface area (TPSA) is 117 Å². The van der Waals surface area contributed by atoms with Crippen molar-refractivity contribution in [3.63, 3.8) is 0 Å². The van der Waals surface area contributed by atoms with Crippen molar-refractivity contribution in [2.24, 2.45) is 0 Å². The molecule has 2 amide bonds. The van der Waals surface area contributed by atoms with E-state index in [-0.39, 0.29) is 13.1 Å². The first-order valence-electron chi connectivity index (χ1n) is 8.62. The summed E-state index contributed by atoms with van der Waals surface area (Å²) in [4.78, 5) is 24.0. The third kappa shape index (κ3) is 5.97. The van der Waals surface area contributed by atoms with E-state index in [9.17, 15) is 19.8 Å². The Hall–Kier alpha value is -3.10. The van der Waals surface area contributed by atoms with Crippen LogP contribution in [0.3, 0.4) is 0 Å². The maximum Gasteiger partial charge on any atom is 0.252 e. The van der Waals surface area contributed by atoms with Gasteiger partial charge in [-0.15, -0.1) is 0 Å². The predicted octanol–water partition coefficient (Wildman–Crippen LogP) is 0.358. The smallest absolute Gasteiger partial charge is 0.252 e. The molecule has 28 heavy (non-hydrogen) atoms. The molecule has 2 unspecified atom stereocenters. The van der Waals surface area contributed by atoms with Crippen LogP contribution in [-0.2, 0) is 22.7 Å². The van der Waals surface area contributed by atoms with Crippen molar-refractivity contribution < 1.29 is 29.3 Å². The van der Waals surface area contributed by atoms with Gasteiger partial charge in [-0.25, -0.2) is 0 Å². The van der Waals surface area contributed by atoms with Crippen LogP contribution in [0.1, 0.15) is 11.1 Å². The van der Waals surface area contributed by atoms with Gasteiger partial charge in [0.15, 0.2) is 12.2 Å². The molecule has 0 fully saturated rings. The number of amides is 2. The van der Waals surface area contributed by atoms with Gasteiger partial charge in [0.1, 0.15) is 11.5 Å². The minimum absolute atomic E-state index is 0.139. The molecule has 2 aromatic rings. The molecule has 0 spiro atoms. The zero-order chi connectivity index (χ0) is 20.5. The molecule has 2 aromatic carbocycles. The SMILES string of the molecule is COc1ccc(CNC(=O)C(O)C(O)C(=O)NCc2ccc(OC)cc2)cc1. The van der Waals surface area contributed by atoms with E-state index >= 15 is 0 Å². The number of carbonyl (C=O) groups excluding carboxylic acids is 2. The van der Waals surface area contributed by atoms with E-state index in [0.29, 0.717) is 11.5 Å². The summed E-state index contributed by atoms with van der Waals surface area (Å²) in [7, 11) is 3.10. The Morgan fingerprint density at radius 1 is 0.750 bits per heavy atom. The van der Waals surface area contributed by atoms with Crippen LogP contribution in [-0.4, -0.2) is 48.5 Å².